The second-order valence-electron chi connectivity index (χ2n) is 2.63. The van der Waals surface area contributed by atoms with E-state index in [0.717, 1.165) is 5.25 Å². The van der Waals surface area contributed by atoms with Gasteiger partial charge in [-0.05, 0) is 30.8 Å². The number of unbranched alkanes of at least 4 members (excludes halogenated alkanes) is 1. The van der Waals surface area contributed by atoms with Gasteiger partial charge in [0.15, 0.2) is 0 Å². The largest absolute Gasteiger partial charge is 0.159 e. The lowest BCUT2D eigenvalue weighted by molar-refractivity contribution is 0.962. The molecule has 0 nitrogen and oxygen atoms in total. The van der Waals surface area contributed by atoms with Crippen LogP contribution in [0.15, 0.2) is 12.2 Å². The van der Waals surface area contributed by atoms with Gasteiger partial charge in [0.05, 0.1) is 0 Å². The predicted molar refractivity (Wildman–Crippen MR) is 51.6 cm³/mol. The Balaban J connectivity index is 2.91. The molecule has 0 atom stereocenters. The first kappa shape index (κ1) is 10.1. The summed E-state index contributed by atoms with van der Waals surface area (Å²) in [4.78, 5) is 0. The Bertz CT molecular complexity index is 84.7. The maximum Gasteiger partial charge on any atom is -0.000968 e. The van der Waals surface area contributed by atoms with E-state index in [1.165, 1.54) is 18.6 Å². The smallest absolute Gasteiger partial charge is 0.000968 e. The molecule has 0 saturated heterocycles. The summed E-state index contributed by atoms with van der Waals surface area (Å²) in [6.07, 6.45) is 6.93. The molecule has 0 aromatic heterocycles. The molecule has 0 rings (SSSR count). The molecule has 0 radical (unpaired) electrons. The Labute approximate surface area is 69.1 Å². The van der Waals surface area contributed by atoms with Crippen molar-refractivity contribution in [3.63, 3.8) is 0 Å². The molecular formula is C9H18S. The maximum atomic E-state index is 2.25. The van der Waals surface area contributed by atoms with Crippen LogP contribution in [-0.4, -0.2) is 11.0 Å². The lowest BCUT2D eigenvalue weighted by Crippen LogP contribution is -1.88. The second kappa shape index (κ2) is 7.20. The van der Waals surface area contributed by atoms with E-state index < -0.39 is 0 Å². The van der Waals surface area contributed by atoms with Crippen LogP contribution >= 0.6 is 11.8 Å². The molecule has 0 amide bonds. The van der Waals surface area contributed by atoms with E-state index in [1.807, 2.05) is 11.8 Å². The highest BCUT2D eigenvalue weighted by Crippen LogP contribution is 2.11. The summed E-state index contributed by atoms with van der Waals surface area (Å²) in [6, 6.07) is 0. The van der Waals surface area contributed by atoms with Gasteiger partial charge < -0.3 is 0 Å². The van der Waals surface area contributed by atoms with Crippen LogP contribution in [0.5, 0.6) is 0 Å². The molecule has 0 aliphatic carbocycles. The van der Waals surface area contributed by atoms with E-state index in [0.29, 0.717) is 0 Å². The second-order valence-corrected chi connectivity index (χ2v) is 4.32. The summed E-state index contributed by atoms with van der Waals surface area (Å²) in [5.74, 6) is 1.31. The van der Waals surface area contributed by atoms with Gasteiger partial charge in [0.25, 0.3) is 0 Å². The van der Waals surface area contributed by atoms with Crippen LogP contribution in [0.2, 0.25) is 0 Å². The Morgan fingerprint density at radius 3 is 2.60 bits per heavy atom. The lowest BCUT2D eigenvalue weighted by atomic mass is 10.3. The first-order valence-electron chi connectivity index (χ1n) is 4.00. The van der Waals surface area contributed by atoms with Gasteiger partial charge in [-0.3, -0.25) is 0 Å². The summed E-state index contributed by atoms with van der Waals surface area (Å²) in [5.41, 5.74) is 0. The third kappa shape index (κ3) is 8.09. The van der Waals surface area contributed by atoms with Crippen LogP contribution in [0, 0.1) is 0 Å². The Kier molecular flexibility index (Phi) is 7.26. The van der Waals surface area contributed by atoms with Gasteiger partial charge in [-0.25, -0.2) is 0 Å². The third-order valence-corrected chi connectivity index (χ3v) is 2.39. The highest BCUT2D eigenvalue weighted by atomic mass is 32.2. The highest BCUT2D eigenvalue weighted by molar-refractivity contribution is 7.99. The summed E-state index contributed by atoms with van der Waals surface area (Å²) >= 11 is 2.05. The third-order valence-electron chi connectivity index (χ3n) is 1.20. The number of rotatable bonds is 5. The maximum absolute atomic E-state index is 2.25. The molecule has 0 spiro atoms. The molecule has 0 aromatic rings. The van der Waals surface area contributed by atoms with Crippen molar-refractivity contribution in [3.05, 3.63) is 12.2 Å². The number of thioether (sulfide) groups is 1. The molecule has 0 heterocycles. The molecule has 0 bridgehead atoms. The van der Waals surface area contributed by atoms with Crippen LogP contribution in [0.25, 0.3) is 0 Å². The van der Waals surface area contributed by atoms with Crippen molar-refractivity contribution in [3.8, 4) is 0 Å². The van der Waals surface area contributed by atoms with Crippen LogP contribution in [0.3, 0.4) is 0 Å². The number of hydrogen-bond donors (Lipinski definition) is 0. The molecule has 0 aliphatic rings. The quantitative estimate of drug-likeness (QED) is 0.436. The molecule has 60 valence electrons. The van der Waals surface area contributed by atoms with Crippen LogP contribution in [0.4, 0.5) is 0 Å². The van der Waals surface area contributed by atoms with Crippen LogP contribution in [-0.2, 0) is 0 Å². The summed E-state index contributed by atoms with van der Waals surface area (Å²) in [6.45, 7) is 6.58. The molecule has 0 N–H and O–H groups in total. The Morgan fingerprint density at radius 2 is 2.10 bits per heavy atom. The molecular weight excluding hydrogens is 140 g/mol. The minimum Gasteiger partial charge on any atom is -0.159 e. The first-order valence-corrected chi connectivity index (χ1v) is 5.05. The first-order chi connectivity index (χ1) is 4.77. The van der Waals surface area contributed by atoms with Crippen LogP contribution in [0.1, 0.15) is 33.6 Å². The van der Waals surface area contributed by atoms with Crippen LogP contribution < -0.4 is 0 Å². The van der Waals surface area contributed by atoms with E-state index >= 15 is 0 Å². The lowest BCUT2D eigenvalue weighted by Gasteiger charge is -2.01. The van der Waals surface area contributed by atoms with Gasteiger partial charge in [0.2, 0.25) is 0 Å². The molecule has 1 heteroatoms. The van der Waals surface area contributed by atoms with Gasteiger partial charge in [0.1, 0.15) is 0 Å². The molecule has 0 fully saturated rings. The van der Waals surface area contributed by atoms with E-state index in [2.05, 4.69) is 32.9 Å². The fraction of sp³-hybridized carbons (Fsp3) is 0.778. The van der Waals surface area contributed by atoms with E-state index in [9.17, 15) is 0 Å². The molecule has 0 unspecified atom stereocenters. The zero-order valence-corrected chi connectivity index (χ0v) is 8.08. The van der Waals surface area contributed by atoms with Crippen molar-refractivity contribution in [2.24, 2.45) is 0 Å². The fourth-order valence-corrected chi connectivity index (χ4v) is 1.49. The average Bonchev–Trinajstić information content (AvgIpc) is 1.87. The van der Waals surface area contributed by atoms with E-state index in [4.69, 9.17) is 0 Å². The van der Waals surface area contributed by atoms with Crippen molar-refractivity contribution < 1.29 is 0 Å². The number of hydrogen-bond acceptors (Lipinski definition) is 1. The van der Waals surface area contributed by atoms with Crippen molar-refractivity contribution in [1.29, 1.82) is 0 Å². The molecule has 0 saturated carbocycles. The van der Waals surface area contributed by atoms with E-state index in [1.54, 1.807) is 0 Å². The minimum atomic E-state index is 0.797. The Morgan fingerprint density at radius 1 is 1.40 bits per heavy atom. The molecule has 0 aromatic carbocycles. The van der Waals surface area contributed by atoms with Gasteiger partial charge >= 0.3 is 0 Å². The average molecular weight is 158 g/mol. The highest BCUT2D eigenvalue weighted by Gasteiger charge is 1.91. The van der Waals surface area contributed by atoms with Crippen molar-refractivity contribution in [1.82, 2.24) is 0 Å². The fourth-order valence-electron chi connectivity index (χ4n) is 0.687. The SMILES string of the molecule is C/C=C\CCCSC(C)C. The molecule has 0 aliphatic heterocycles. The van der Waals surface area contributed by atoms with Gasteiger partial charge in [-0.15, -0.1) is 0 Å². The molecule has 10 heavy (non-hydrogen) atoms. The van der Waals surface area contributed by atoms with Gasteiger partial charge in [0, 0.05) is 0 Å². The van der Waals surface area contributed by atoms with Crippen molar-refractivity contribution >= 4 is 11.8 Å². The summed E-state index contributed by atoms with van der Waals surface area (Å²) < 4.78 is 0. The zero-order chi connectivity index (χ0) is 7.82. The van der Waals surface area contributed by atoms with Gasteiger partial charge in [-0.1, -0.05) is 26.0 Å². The monoisotopic (exact) mass is 158 g/mol. The topological polar surface area (TPSA) is 0 Å². The van der Waals surface area contributed by atoms with E-state index in [-0.39, 0.29) is 0 Å². The van der Waals surface area contributed by atoms with Crippen molar-refractivity contribution in [2.75, 3.05) is 5.75 Å². The Hall–Kier alpha value is 0.0900. The predicted octanol–water partition coefficient (Wildman–Crippen LogP) is 3.48. The van der Waals surface area contributed by atoms with Crippen molar-refractivity contribution in [2.45, 2.75) is 38.9 Å². The minimum absolute atomic E-state index is 0.797. The zero-order valence-electron chi connectivity index (χ0n) is 7.26. The summed E-state index contributed by atoms with van der Waals surface area (Å²) in [5, 5.41) is 0.797. The van der Waals surface area contributed by atoms with Gasteiger partial charge in [-0.2, -0.15) is 11.8 Å². The standard InChI is InChI=1S/C9H18S/c1-4-5-6-7-8-10-9(2)3/h4-5,9H,6-8H2,1-3H3/b5-4-. The number of allylic oxidation sites excluding steroid dienone is 2. The normalized spacial score (nSPS) is 11.6. The summed E-state index contributed by atoms with van der Waals surface area (Å²) in [7, 11) is 0.